The summed E-state index contributed by atoms with van der Waals surface area (Å²) in [6.45, 7) is 5.01. The number of rotatable bonds is 16. The largest absolute Gasteiger partial charge is 0.506 e. The molecule has 5 N–H and O–H groups in total. The van der Waals surface area contributed by atoms with Crippen LogP contribution in [0.4, 0.5) is 5.69 Å². The third kappa shape index (κ3) is 11.9. The zero-order valence-electron chi connectivity index (χ0n) is 23.3. The van der Waals surface area contributed by atoms with Gasteiger partial charge in [-0.05, 0) is 42.8 Å². The highest BCUT2D eigenvalue weighted by Crippen LogP contribution is 2.40. The summed E-state index contributed by atoms with van der Waals surface area (Å²) in [5, 5.41) is 28.5. The van der Waals surface area contributed by atoms with E-state index in [4.69, 9.17) is 39.3 Å². The van der Waals surface area contributed by atoms with Crippen LogP contribution in [0.5, 0.6) is 11.5 Å². The SMILES string of the molecule is CCOC(=O)C1=C(O)/C(=C/c2ccc(OCCOCCOCCOCCN)c(O)c2)SC1=Nc1ccccc1.O=CO. The van der Waals surface area contributed by atoms with Crippen LogP contribution in [0.25, 0.3) is 6.08 Å². The summed E-state index contributed by atoms with van der Waals surface area (Å²) in [6.07, 6.45) is 1.65. The van der Waals surface area contributed by atoms with E-state index in [1.165, 1.54) is 6.07 Å². The van der Waals surface area contributed by atoms with E-state index in [1.54, 1.807) is 37.3 Å². The first-order valence-corrected chi connectivity index (χ1v) is 13.9. The first-order valence-electron chi connectivity index (χ1n) is 13.1. The van der Waals surface area contributed by atoms with Crippen molar-refractivity contribution in [1.29, 1.82) is 0 Å². The predicted molar refractivity (Wildman–Crippen MR) is 159 cm³/mol. The maximum absolute atomic E-state index is 12.6. The van der Waals surface area contributed by atoms with Gasteiger partial charge in [0.25, 0.3) is 6.47 Å². The maximum atomic E-state index is 12.6. The first kappa shape index (κ1) is 34.3. The van der Waals surface area contributed by atoms with Crippen LogP contribution in [0, 0.1) is 0 Å². The Hall–Kier alpha value is -3.88. The lowest BCUT2D eigenvalue weighted by molar-refractivity contribution is -0.138. The van der Waals surface area contributed by atoms with Crippen LogP contribution in [0.15, 0.2) is 69.8 Å². The molecule has 0 spiro atoms. The average molecular weight is 605 g/mol. The molecule has 0 saturated heterocycles. The number of aliphatic imine (C=N–C) groups is 1. The fraction of sp³-hybridized carbons (Fsp3) is 0.345. The number of thioether (sulfide) groups is 1. The quantitative estimate of drug-likeness (QED) is 0.124. The van der Waals surface area contributed by atoms with Crippen molar-refractivity contribution < 1.29 is 48.6 Å². The van der Waals surface area contributed by atoms with E-state index >= 15 is 0 Å². The Morgan fingerprint density at radius 1 is 0.952 bits per heavy atom. The van der Waals surface area contributed by atoms with Crippen LogP contribution in [0.1, 0.15) is 12.5 Å². The molecule has 0 saturated carbocycles. The van der Waals surface area contributed by atoms with Gasteiger partial charge in [0.05, 0.1) is 56.8 Å². The Morgan fingerprint density at radius 3 is 2.17 bits per heavy atom. The molecule has 2 aromatic carbocycles. The van der Waals surface area contributed by atoms with Crippen molar-refractivity contribution in [3.63, 3.8) is 0 Å². The molecule has 0 fully saturated rings. The Bertz CT molecular complexity index is 1220. The van der Waals surface area contributed by atoms with Gasteiger partial charge in [0, 0.05) is 6.54 Å². The van der Waals surface area contributed by atoms with Gasteiger partial charge in [-0.1, -0.05) is 36.0 Å². The van der Waals surface area contributed by atoms with Crippen molar-refractivity contribution in [1.82, 2.24) is 0 Å². The van der Waals surface area contributed by atoms with Gasteiger partial charge in [0.15, 0.2) is 11.5 Å². The summed E-state index contributed by atoms with van der Waals surface area (Å²) < 4.78 is 26.8. The molecule has 13 heteroatoms. The van der Waals surface area contributed by atoms with Gasteiger partial charge in [0.1, 0.15) is 23.0 Å². The van der Waals surface area contributed by atoms with E-state index in [1.807, 2.05) is 18.2 Å². The number of para-hydroxylation sites is 1. The molecular weight excluding hydrogens is 568 g/mol. The number of phenols is 1. The van der Waals surface area contributed by atoms with Crippen LogP contribution in [-0.2, 0) is 28.5 Å². The molecule has 0 amide bonds. The van der Waals surface area contributed by atoms with E-state index in [0.717, 1.165) is 11.8 Å². The van der Waals surface area contributed by atoms with Gasteiger partial charge in [-0.15, -0.1) is 0 Å². The molecule has 228 valence electrons. The number of ether oxygens (including phenoxy) is 5. The van der Waals surface area contributed by atoms with Crippen LogP contribution < -0.4 is 10.5 Å². The number of carboxylic acid groups (broad SMARTS) is 1. The van der Waals surface area contributed by atoms with E-state index in [0.29, 0.717) is 73.1 Å². The summed E-state index contributed by atoms with van der Waals surface area (Å²) in [4.78, 5) is 25.8. The number of aromatic hydroxyl groups is 1. The average Bonchev–Trinajstić information content (AvgIpc) is 3.27. The molecule has 2 aromatic rings. The lowest BCUT2D eigenvalue weighted by atomic mass is 10.1. The number of hydrogen-bond acceptors (Lipinski definition) is 12. The number of carbonyl (C=O) groups is 2. The second-order valence-electron chi connectivity index (χ2n) is 8.11. The van der Waals surface area contributed by atoms with Gasteiger partial charge in [-0.3, -0.25) is 4.79 Å². The van der Waals surface area contributed by atoms with E-state index in [9.17, 15) is 15.0 Å². The summed E-state index contributed by atoms with van der Waals surface area (Å²) in [7, 11) is 0. The molecule has 1 aliphatic rings. The van der Waals surface area contributed by atoms with E-state index < -0.39 is 5.97 Å². The number of aliphatic hydroxyl groups excluding tert-OH is 1. The maximum Gasteiger partial charge on any atom is 0.344 e. The highest BCUT2D eigenvalue weighted by Gasteiger charge is 2.33. The van der Waals surface area contributed by atoms with Gasteiger partial charge in [0.2, 0.25) is 0 Å². The van der Waals surface area contributed by atoms with Crippen LogP contribution in [-0.4, -0.2) is 92.2 Å². The number of hydrogen-bond donors (Lipinski definition) is 4. The number of esters is 1. The molecule has 1 aliphatic heterocycles. The van der Waals surface area contributed by atoms with E-state index in [2.05, 4.69) is 4.99 Å². The number of nitrogens with zero attached hydrogens (tertiary/aromatic N) is 1. The molecule has 0 aliphatic carbocycles. The molecule has 0 unspecified atom stereocenters. The highest BCUT2D eigenvalue weighted by molar-refractivity contribution is 8.18. The van der Waals surface area contributed by atoms with Crippen molar-refractivity contribution in [2.24, 2.45) is 10.7 Å². The second kappa shape index (κ2) is 20.1. The first-order chi connectivity index (χ1) is 20.4. The van der Waals surface area contributed by atoms with Gasteiger partial charge >= 0.3 is 5.97 Å². The van der Waals surface area contributed by atoms with Gasteiger partial charge in [-0.25, -0.2) is 9.79 Å². The molecular formula is C29H36N2O10S. The predicted octanol–water partition coefficient (Wildman–Crippen LogP) is 3.67. The topological polar surface area (TPSA) is 179 Å². The monoisotopic (exact) mass is 604 g/mol. The molecule has 12 nitrogen and oxygen atoms in total. The lowest BCUT2D eigenvalue weighted by Gasteiger charge is -2.10. The zero-order chi connectivity index (χ0) is 30.6. The highest BCUT2D eigenvalue weighted by atomic mass is 32.2. The molecule has 0 radical (unpaired) electrons. The van der Waals surface area contributed by atoms with Crippen LogP contribution >= 0.6 is 11.8 Å². The van der Waals surface area contributed by atoms with Crippen molar-refractivity contribution in [2.75, 3.05) is 59.4 Å². The molecule has 0 atom stereocenters. The Kier molecular flexibility index (Phi) is 16.4. The normalized spacial score (nSPS) is 14.5. The minimum atomic E-state index is -0.655. The molecule has 1 heterocycles. The Labute approximate surface area is 248 Å². The minimum Gasteiger partial charge on any atom is -0.506 e. The molecule has 42 heavy (non-hydrogen) atoms. The number of phenolic OH excluding ortho intramolecular Hbond substituents is 1. The van der Waals surface area contributed by atoms with Crippen molar-refractivity contribution in [3.05, 3.63) is 70.3 Å². The summed E-state index contributed by atoms with van der Waals surface area (Å²) in [5.74, 6) is -0.651. The van der Waals surface area contributed by atoms with Gasteiger partial charge in [-0.2, -0.15) is 0 Å². The molecule has 0 aromatic heterocycles. The van der Waals surface area contributed by atoms with Crippen LogP contribution in [0.3, 0.4) is 0 Å². The minimum absolute atomic E-state index is 0.00598. The number of aliphatic hydroxyl groups is 1. The van der Waals surface area contributed by atoms with Gasteiger partial charge < -0.3 is 44.7 Å². The smallest absolute Gasteiger partial charge is 0.344 e. The van der Waals surface area contributed by atoms with E-state index in [-0.39, 0.29) is 36.8 Å². The summed E-state index contributed by atoms with van der Waals surface area (Å²) in [5.41, 5.74) is 6.58. The number of nitrogens with two attached hydrogens (primary N) is 1. The lowest BCUT2D eigenvalue weighted by Crippen LogP contribution is -2.14. The number of benzene rings is 2. The zero-order valence-corrected chi connectivity index (χ0v) is 24.1. The summed E-state index contributed by atoms with van der Waals surface area (Å²) >= 11 is 1.14. The molecule has 0 bridgehead atoms. The Morgan fingerprint density at radius 2 is 1.57 bits per heavy atom. The van der Waals surface area contributed by atoms with Crippen LogP contribution in [0.2, 0.25) is 0 Å². The second-order valence-corrected chi connectivity index (χ2v) is 9.14. The van der Waals surface area contributed by atoms with Crippen molar-refractivity contribution in [2.45, 2.75) is 6.92 Å². The standard InChI is InChI=1S/C28H34N2O8S.CH2O2/c1-2-37-28(33)25-26(32)24(39-27(25)30-21-6-4-3-5-7-21)19-20-8-9-23(22(31)18-20)38-17-16-36-15-14-35-13-12-34-11-10-29;2-1-3/h3-9,18-19,31-32H,2,10-17,29H2,1H3;1H,(H,2,3)/b24-19-,30-27?;. The van der Waals surface area contributed by atoms with Crippen molar-refractivity contribution >= 4 is 41.0 Å². The summed E-state index contributed by atoms with van der Waals surface area (Å²) in [6, 6.07) is 14.0. The fourth-order valence-electron chi connectivity index (χ4n) is 3.34. The Balaban J connectivity index is 0.00000197. The fourth-order valence-corrected chi connectivity index (χ4v) is 4.38. The number of carbonyl (C=O) groups excluding carboxylic acids is 1. The molecule has 3 rings (SSSR count). The third-order valence-electron chi connectivity index (χ3n) is 5.13. The van der Waals surface area contributed by atoms with Crippen molar-refractivity contribution in [3.8, 4) is 11.5 Å². The third-order valence-corrected chi connectivity index (χ3v) is 6.15.